The molecule has 3 N–H and O–H groups in total. The monoisotopic (exact) mass is 305 g/mol. The zero-order chi connectivity index (χ0) is 16.1. The minimum Gasteiger partial charge on any atom is -0.392 e. The first-order chi connectivity index (χ1) is 9.85. The van der Waals surface area contributed by atoms with Gasteiger partial charge in [-0.05, 0) is 18.3 Å². The summed E-state index contributed by atoms with van der Waals surface area (Å²) < 4.78 is 10.7. The number of hydrogen-bond donors (Lipinski definition) is 3. The topological polar surface area (TPSA) is 71.0 Å². The molecule has 2 unspecified atom stereocenters. The molecule has 5 nitrogen and oxygen atoms in total. The van der Waals surface area contributed by atoms with Gasteiger partial charge in [-0.3, -0.25) is 0 Å². The van der Waals surface area contributed by atoms with Gasteiger partial charge in [-0.2, -0.15) is 0 Å². The van der Waals surface area contributed by atoms with Gasteiger partial charge in [0, 0.05) is 19.7 Å². The van der Waals surface area contributed by atoms with Crippen LogP contribution in [0.25, 0.3) is 0 Å². The second-order valence-corrected chi connectivity index (χ2v) is 6.77. The van der Waals surface area contributed by atoms with Crippen LogP contribution in [0.5, 0.6) is 0 Å². The van der Waals surface area contributed by atoms with Crippen molar-refractivity contribution in [1.82, 2.24) is 5.32 Å². The van der Waals surface area contributed by atoms with Gasteiger partial charge in [0.25, 0.3) is 0 Å². The van der Waals surface area contributed by atoms with Crippen LogP contribution in [0.1, 0.15) is 47.0 Å². The Bertz CT molecular complexity index is 231. The molecule has 0 aromatic heterocycles. The van der Waals surface area contributed by atoms with Crippen molar-refractivity contribution in [3.05, 3.63) is 0 Å². The van der Waals surface area contributed by atoms with Gasteiger partial charge in [0.05, 0.1) is 32.0 Å². The van der Waals surface area contributed by atoms with Crippen LogP contribution < -0.4 is 5.32 Å². The normalized spacial score (nSPS) is 15.1. The molecule has 0 rings (SSSR count). The van der Waals surface area contributed by atoms with Crippen LogP contribution in [-0.4, -0.2) is 61.9 Å². The SMILES string of the molecule is CCCCOCCOCC(O)CNCC(O)CC(C)(C)C. The summed E-state index contributed by atoms with van der Waals surface area (Å²) in [7, 11) is 0. The molecular formula is C16H35NO4. The first-order valence-electron chi connectivity index (χ1n) is 8.07. The summed E-state index contributed by atoms with van der Waals surface area (Å²) in [4.78, 5) is 0. The molecule has 0 aliphatic rings. The molecule has 0 amide bonds. The largest absolute Gasteiger partial charge is 0.392 e. The van der Waals surface area contributed by atoms with Crippen LogP contribution in [0.4, 0.5) is 0 Å². The van der Waals surface area contributed by atoms with Gasteiger partial charge in [0.1, 0.15) is 0 Å². The molecule has 5 heteroatoms. The molecule has 0 bridgehead atoms. The third-order valence-electron chi connectivity index (χ3n) is 2.93. The summed E-state index contributed by atoms with van der Waals surface area (Å²) in [5, 5.41) is 22.6. The Morgan fingerprint density at radius 2 is 1.57 bits per heavy atom. The first-order valence-corrected chi connectivity index (χ1v) is 8.07. The standard InChI is InChI=1S/C16H35NO4/c1-5-6-7-20-8-9-21-13-15(19)12-17-11-14(18)10-16(2,3)4/h14-15,17-19H,5-13H2,1-4H3. The van der Waals surface area contributed by atoms with Crippen molar-refractivity contribution in [3.63, 3.8) is 0 Å². The Hall–Kier alpha value is -0.200. The van der Waals surface area contributed by atoms with E-state index in [1.165, 1.54) is 0 Å². The van der Waals surface area contributed by atoms with E-state index in [1.807, 2.05) is 0 Å². The maximum Gasteiger partial charge on any atom is 0.0897 e. The molecule has 21 heavy (non-hydrogen) atoms. The van der Waals surface area contributed by atoms with E-state index in [2.05, 4.69) is 33.0 Å². The Morgan fingerprint density at radius 3 is 2.19 bits per heavy atom. The third kappa shape index (κ3) is 16.0. The second kappa shape index (κ2) is 12.4. The van der Waals surface area contributed by atoms with Crippen molar-refractivity contribution in [2.24, 2.45) is 5.41 Å². The van der Waals surface area contributed by atoms with E-state index in [-0.39, 0.29) is 11.5 Å². The molecule has 0 aliphatic heterocycles. The molecular weight excluding hydrogens is 270 g/mol. The fourth-order valence-electron chi connectivity index (χ4n) is 1.94. The predicted molar refractivity (Wildman–Crippen MR) is 85.5 cm³/mol. The lowest BCUT2D eigenvalue weighted by molar-refractivity contribution is 0.00288. The molecule has 0 saturated carbocycles. The average Bonchev–Trinajstić information content (AvgIpc) is 2.35. The summed E-state index contributed by atoms with van der Waals surface area (Å²) in [5.74, 6) is 0. The molecule has 0 saturated heterocycles. The van der Waals surface area contributed by atoms with Crippen molar-refractivity contribution in [2.45, 2.75) is 59.2 Å². The highest BCUT2D eigenvalue weighted by Gasteiger charge is 2.16. The summed E-state index contributed by atoms with van der Waals surface area (Å²) in [6.45, 7) is 11.5. The number of ether oxygens (including phenoxy) is 2. The van der Waals surface area contributed by atoms with E-state index < -0.39 is 6.10 Å². The zero-order valence-corrected chi connectivity index (χ0v) is 14.2. The van der Waals surface area contributed by atoms with Crippen LogP contribution in [-0.2, 0) is 9.47 Å². The van der Waals surface area contributed by atoms with Gasteiger partial charge in [0.15, 0.2) is 0 Å². The van der Waals surface area contributed by atoms with E-state index in [0.717, 1.165) is 25.9 Å². The molecule has 2 atom stereocenters. The van der Waals surface area contributed by atoms with Gasteiger partial charge in [-0.25, -0.2) is 0 Å². The van der Waals surface area contributed by atoms with E-state index in [4.69, 9.17) is 9.47 Å². The number of aliphatic hydroxyl groups excluding tert-OH is 2. The number of rotatable bonds is 13. The van der Waals surface area contributed by atoms with E-state index >= 15 is 0 Å². The lowest BCUT2D eigenvalue weighted by Gasteiger charge is -2.23. The second-order valence-electron chi connectivity index (χ2n) is 6.77. The average molecular weight is 305 g/mol. The number of nitrogens with one attached hydrogen (secondary N) is 1. The lowest BCUT2D eigenvalue weighted by atomic mass is 9.89. The highest BCUT2D eigenvalue weighted by molar-refractivity contribution is 4.70. The fourth-order valence-corrected chi connectivity index (χ4v) is 1.94. The summed E-state index contributed by atoms with van der Waals surface area (Å²) in [5.41, 5.74) is 0.112. The lowest BCUT2D eigenvalue weighted by Crippen LogP contribution is -2.36. The zero-order valence-electron chi connectivity index (χ0n) is 14.2. The van der Waals surface area contributed by atoms with Crippen molar-refractivity contribution in [1.29, 1.82) is 0 Å². The van der Waals surface area contributed by atoms with Gasteiger partial charge < -0.3 is 25.0 Å². The van der Waals surface area contributed by atoms with E-state index in [9.17, 15) is 10.2 Å². The van der Waals surface area contributed by atoms with E-state index in [1.54, 1.807) is 0 Å². The number of aliphatic hydroxyl groups is 2. The minimum atomic E-state index is -0.553. The molecule has 0 aromatic carbocycles. The molecule has 0 radical (unpaired) electrons. The molecule has 128 valence electrons. The highest BCUT2D eigenvalue weighted by atomic mass is 16.5. The molecule has 0 heterocycles. The van der Waals surface area contributed by atoms with Crippen LogP contribution in [0, 0.1) is 5.41 Å². The van der Waals surface area contributed by atoms with Gasteiger partial charge in [-0.1, -0.05) is 34.1 Å². The minimum absolute atomic E-state index is 0.112. The third-order valence-corrected chi connectivity index (χ3v) is 2.93. The maximum atomic E-state index is 9.82. The predicted octanol–water partition coefficient (Wildman–Crippen LogP) is 1.57. The molecule has 0 aliphatic carbocycles. The Kier molecular flexibility index (Phi) is 12.2. The highest BCUT2D eigenvalue weighted by Crippen LogP contribution is 2.20. The van der Waals surface area contributed by atoms with Gasteiger partial charge in [-0.15, -0.1) is 0 Å². The van der Waals surface area contributed by atoms with Crippen molar-refractivity contribution in [3.8, 4) is 0 Å². The number of unbranched alkanes of at least 4 members (excludes halogenated alkanes) is 1. The van der Waals surface area contributed by atoms with E-state index in [0.29, 0.717) is 32.9 Å². The molecule has 0 aromatic rings. The van der Waals surface area contributed by atoms with Crippen molar-refractivity contribution >= 4 is 0 Å². The Balaban J connectivity index is 3.40. The maximum absolute atomic E-state index is 9.82. The summed E-state index contributed by atoms with van der Waals surface area (Å²) in [6, 6.07) is 0. The fraction of sp³-hybridized carbons (Fsp3) is 1.00. The van der Waals surface area contributed by atoms with Crippen LogP contribution in [0.2, 0.25) is 0 Å². The quantitative estimate of drug-likeness (QED) is 0.451. The summed E-state index contributed by atoms with van der Waals surface area (Å²) >= 11 is 0. The van der Waals surface area contributed by atoms with Crippen molar-refractivity contribution in [2.75, 3.05) is 39.5 Å². The first kappa shape index (κ1) is 20.8. The molecule has 0 spiro atoms. The van der Waals surface area contributed by atoms with Crippen molar-refractivity contribution < 1.29 is 19.7 Å². The van der Waals surface area contributed by atoms with Gasteiger partial charge >= 0.3 is 0 Å². The van der Waals surface area contributed by atoms with Gasteiger partial charge in [0.2, 0.25) is 0 Å². The number of hydrogen-bond acceptors (Lipinski definition) is 5. The van der Waals surface area contributed by atoms with Crippen LogP contribution in [0.3, 0.4) is 0 Å². The van der Waals surface area contributed by atoms with Crippen LogP contribution >= 0.6 is 0 Å². The van der Waals surface area contributed by atoms with Crippen LogP contribution in [0.15, 0.2) is 0 Å². The Morgan fingerprint density at radius 1 is 0.952 bits per heavy atom. The summed E-state index contributed by atoms with van der Waals surface area (Å²) in [6.07, 6.45) is 2.00. The Labute approximate surface area is 130 Å². The molecule has 0 fully saturated rings. The smallest absolute Gasteiger partial charge is 0.0897 e.